The van der Waals surface area contributed by atoms with E-state index in [1.54, 1.807) is 13.8 Å². The summed E-state index contributed by atoms with van der Waals surface area (Å²) < 4.78 is 39.8. The molecular weight excluding hydrogens is 229 g/mol. The topological polar surface area (TPSA) is 20.2 Å². The number of benzene rings is 1. The van der Waals surface area contributed by atoms with Crippen LogP contribution in [0.1, 0.15) is 38.7 Å². The molecule has 1 atom stereocenters. The van der Waals surface area contributed by atoms with Crippen LogP contribution in [0, 0.1) is 22.9 Å². The highest BCUT2D eigenvalue weighted by molar-refractivity contribution is 5.29. The Morgan fingerprint density at radius 2 is 1.71 bits per heavy atom. The van der Waals surface area contributed by atoms with Crippen LogP contribution in [-0.2, 0) is 5.60 Å². The van der Waals surface area contributed by atoms with Crippen LogP contribution in [0.2, 0.25) is 0 Å². The molecule has 0 aromatic heterocycles. The first-order valence-corrected chi connectivity index (χ1v) is 5.66. The lowest BCUT2D eigenvalue weighted by Gasteiger charge is -2.37. The van der Waals surface area contributed by atoms with Gasteiger partial charge in [0.05, 0.1) is 5.60 Å². The summed E-state index contributed by atoms with van der Waals surface area (Å²) in [6.07, 6.45) is 1.83. The van der Waals surface area contributed by atoms with Crippen molar-refractivity contribution < 1.29 is 18.3 Å². The van der Waals surface area contributed by atoms with E-state index in [1.165, 1.54) is 0 Å². The van der Waals surface area contributed by atoms with E-state index in [9.17, 15) is 18.3 Å². The normalized spacial score (nSPS) is 27.4. The average Bonchev–Trinajstić information content (AvgIpc) is 2.51. The number of aliphatic hydroxyl groups is 1. The summed E-state index contributed by atoms with van der Waals surface area (Å²) in [7, 11) is 0. The molecule has 2 rings (SSSR count). The van der Waals surface area contributed by atoms with Crippen LogP contribution in [0.3, 0.4) is 0 Å². The van der Waals surface area contributed by atoms with Gasteiger partial charge in [-0.3, -0.25) is 0 Å². The van der Waals surface area contributed by atoms with Crippen molar-refractivity contribution in [2.75, 3.05) is 0 Å². The van der Waals surface area contributed by atoms with Crippen LogP contribution < -0.4 is 0 Å². The lowest BCUT2D eigenvalue weighted by Crippen LogP contribution is -2.38. The van der Waals surface area contributed by atoms with Crippen molar-refractivity contribution in [3.8, 4) is 0 Å². The first kappa shape index (κ1) is 12.4. The quantitative estimate of drug-likeness (QED) is 0.749. The van der Waals surface area contributed by atoms with Crippen molar-refractivity contribution >= 4 is 0 Å². The monoisotopic (exact) mass is 244 g/mol. The fourth-order valence-electron chi connectivity index (χ4n) is 2.68. The smallest absolute Gasteiger partial charge is 0.194 e. The van der Waals surface area contributed by atoms with Gasteiger partial charge in [0.15, 0.2) is 17.5 Å². The predicted octanol–water partition coefficient (Wildman–Crippen LogP) is 3.50. The fraction of sp³-hybridized carbons (Fsp3) is 0.538. The third-order valence-electron chi connectivity index (χ3n) is 3.94. The van der Waals surface area contributed by atoms with Gasteiger partial charge in [0.2, 0.25) is 0 Å². The molecule has 0 heterocycles. The Bertz CT molecular complexity index is 456. The lowest BCUT2D eigenvalue weighted by molar-refractivity contribution is -0.0517. The Balaban J connectivity index is 2.58. The standard InChI is InChI=1S/C13H15F3O/c1-12(2)6-3-7-13(12,17)8-4-5-9(14)11(16)10(8)15/h4-5,17H,3,6-7H2,1-2H3. The Morgan fingerprint density at radius 1 is 1.06 bits per heavy atom. The van der Waals surface area contributed by atoms with E-state index in [4.69, 9.17) is 0 Å². The molecule has 1 aliphatic rings. The Kier molecular flexibility index (Phi) is 2.73. The molecule has 0 aliphatic heterocycles. The van der Waals surface area contributed by atoms with Gasteiger partial charge in [0.25, 0.3) is 0 Å². The third-order valence-corrected chi connectivity index (χ3v) is 3.94. The van der Waals surface area contributed by atoms with Crippen LogP contribution in [0.25, 0.3) is 0 Å². The second kappa shape index (κ2) is 3.73. The van der Waals surface area contributed by atoms with E-state index in [-0.39, 0.29) is 5.56 Å². The zero-order valence-electron chi connectivity index (χ0n) is 9.86. The van der Waals surface area contributed by atoms with Crippen LogP contribution in [0.15, 0.2) is 12.1 Å². The molecule has 1 aromatic rings. The van der Waals surface area contributed by atoms with Crippen LogP contribution in [0.5, 0.6) is 0 Å². The summed E-state index contributed by atoms with van der Waals surface area (Å²) in [6.45, 7) is 3.61. The summed E-state index contributed by atoms with van der Waals surface area (Å²) >= 11 is 0. The van der Waals surface area contributed by atoms with E-state index in [2.05, 4.69) is 0 Å². The molecule has 0 spiro atoms. The fourth-order valence-corrected chi connectivity index (χ4v) is 2.68. The summed E-state index contributed by atoms with van der Waals surface area (Å²) in [4.78, 5) is 0. The molecule has 94 valence electrons. The van der Waals surface area contributed by atoms with E-state index in [0.29, 0.717) is 6.42 Å². The number of hydrogen-bond donors (Lipinski definition) is 1. The second-order valence-electron chi connectivity index (χ2n) is 5.32. The first-order valence-electron chi connectivity index (χ1n) is 5.66. The van der Waals surface area contributed by atoms with Crippen molar-refractivity contribution in [2.45, 2.75) is 38.7 Å². The molecule has 0 bridgehead atoms. The highest BCUT2D eigenvalue weighted by Crippen LogP contribution is 2.52. The molecule has 1 N–H and O–H groups in total. The number of hydrogen-bond acceptors (Lipinski definition) is 1. The molecule has 1 fully saturated rings. The minimum absolute atomic E-state index is 0.140. The number of rotatable bonds is 1. The Hall–Kier alpha value is -1.03. The van der Waals surface area contributed by atoms with Crippen LogP contribution in [-0.4, -0.2) is 5.11 Å². The van der Waals surface area contributed by atoms with Crippen molar-refractivity contribution in [1.82, 2.24) is 0 Å². The maximum Gasteiger partial charge on any atom is 0.194 e. The van der Waals surface area contributed by atoms with E-state index in [0.717, 1.165) is 25.0 Å². The zero-order valence-corrected chi connectivity index (χ0v) is 9.86. The van der Waals surface area contributed by atoms with Crippen molar-refractivity contribution in [1.29, 1.82) is 0 Å². The zero-order chi connectivity index (χ0) is 12.8. The molecule has 1 aliphatic carbocycles. The van der Waals surface area contributed by atoms with Gasteiger partial charge in [-0.2, -0.15) is 0 Å². The molecule has 1 saturated carbocycles. The molecule has 4 heteroatoms. The van der Waals surface area contributed by atoms with Crippen LogP contribution >= 0.6 is 0 Å². The maximum absolute atomic E-state index is 13.7. The predicted molar refractivity (Wildman–Crippen MR) is 57.8 cm³/mol. The summed E-state index contributed by atoms with van der Waals surface area (Å²) in [5.74, 6) is -4.02. The largest absolute Gasteiger partial charge is 0.384 e. The lowest BCUT2D eigenvalue weighted by atomic mass is 9.73. The van der Waals surface area contributed by atoms with Crippen molar-refractivity contribution in [2.24, 2.45) is 5.41 Å². The summed E-state index contributed by atoms with van der Waals surface area (Å²) in [5.41, 5.74) is -2.11. The summed E-state index contributed by atoms with van der Waals surface area (Å²) in [5, 5.41) is 10.6. The van der Waals surface area contributed by atoms with Gasteiger partial charge >= 0.3 is 0 Å². The number of halogens is 3. The molecule has 0 amide bonds. The molecule has 1 unspecified atom stereocenters. The minimum atomic E-state index is -1.52. The van der Waals surface area contributed by atoms with Crippen LogP contribution in [0.4, 0.5) is 13.2 Å². The second-order valence-corrected chi connectivity index (χ2v) is 5.32. The van der Waals surface area contributed by atoms with Gasteiger partial charge in [-0.25, -0.2) is 13.2 Å². The van der Waals surface area contributed by atoms with Gasteiger partial charge in [-0.1, -0.05) is 19.9 Å². The molecule has 1 nitrogen and oxygen atoms in total. The van der Waals surface area contributed by atoms with E-state index >= 15 is 0 Å². The Labute approximate surface area is 98.3 Å². The maximum atomic E-state index is 13.7. The van der Waals surface area contributed by atoms with Crippen molar-refractivity contribution in [3.63, 3.8) is 0 Å². The molecule has 0 radical (unpaired) electrons. The highest BCUT2D eigenvalue weighted by Gasteiger charge is 2.50. The van der Waals surface area contributed by atoms with Gasteiger partial charge < -0.3 is 5.11 Å². The average molecular weight is 244 g/mol. The van der Waals surface area contributed by atoms with Crippen molar-refractivity contribution in [3.05, 3.63) is 35.1 Å². The van der Waals surface area contributed by atoms with Gasteiger partial charge in [0, 0.05) is 5.56 Å². The Morgan fingerprint density at radius 3 is 2.24 bits per heavy atom. The molecule has 1 aromatic carbocycles. The first-order chi connectivity index (χ1) is 7.79. The van der Waals surface area contributed by atoms with Gasteiger partial charge in [-0.15, -0.1) is 0 Å². The van der Waals surface area contributed by atoms with Gasteiger partial charge in [0.1, 0.15) is 0 Å². The minimum Gasteiger partial charge on any atom is -0.384 e. The van der Waals surface area contributed by atoms with E-state index in [1.807, 2.05) is 0 Å². The summed E-state index contributed by atoms with van der Waals surface area (Å²) in [6, 6.07) is 2.00. The molecule has 0 saturated heterocycles. The highest BCUT2D eigenvalue weighted by atomic mass is 19.2. The van der Waals surface area contributed by atoms with E-state index < -0.39 is 28.5 Å². The molecular formula is C13H15F3O. The SMILES string of the molecule is CC1(C)CCCC1(O)c1ccc(F)c(F)c1F. The third kappa shape index (κ3) is 1.66. The molecule has 17 heavy (non-hydrogen) atoms. The van der Waals surface area contributed by atoms with Gasteiger partial charge in [-0.05, 0) is 30.7 Å².